The van der Waals surface area contributed by atoms with Crippen molar-refractivity contribution in [2.45, 2.75) is 6.54 Å². The summed E-state index contributed by atoms with van der Waals surface area (Å²) >= 11 is 5.88. The minimum Gasteiger partial charge on any atom is -0.497 e. The molecule has 28 heavy (non-hydrogen) atoms. The van der Waals surface area contributed by atoms with Gasteiger partial charge in [-0.05, 0) is 42.5 Å². The highest BCUT2D eigenvalue weighted by Crippen LogP contribution is 2.19. The third kappa shape index (κ3) is 4.07. The lowest BCUT2D eigenvalue weighted by molar-refractivity contribution is 0.0952. The molecule has 0 unspecified atom stereocenters. The Bertz CT molecular complexity index is 1060. The molecule has 0 fully saturated rings. The standard InChI is InChI=1S/C19H18ClFN4O3/c1-24-17(12-3-6-14(28-2)7-4-12)23-25(19(24)27)10-9-22-18(26)15-8-5-13(21)11-16(15)20/h3-8,11H,9-10H2,1-2H3,(H,22,26). The van der Waals surface area contributed by atoms with E-state index < -0.39 is 11.7 Å². The number of hydrogen-bond donors (Lipinski definition) is 1. The maximum atomic E-state index is 13.1. The van der Waals surface area contributed by atoms with E-state index in [1.54, 1.807) is 26.3 Å². The van der Waals surface area contributed by atoms with Gasteiger partial charge in [-0.1, -0.05) is 11.6 Å². The van der Waals surface area contributed by atoms with Crippen LogP contribution in [0.3, 0.4) is 0 Å². The topological polar surface area (TPSA) is 78.2 Å². The monoisotopic (exact) mass is 404 g/mol. The minimum atomic E-state index is -0.521. The highest BCUT2D eigenvalue weighted by molar-refractivity contribution is 6.33. The Morgan fingerprint density at radius 3 is 2.61 bits per heavy atom. The summed E-state index contributed by atoms with van der Waals surface area (Å²) in [6.07, 6.45) is 0. The highest BCUT2D eigenvalue weighted by Gasteiger charge is 2.14. The Labute approximate surface area is 165 Å². The fourth-order valence-corrected chi connectivity index (χ4v) is 2.92. The third-order valence-corrected chi connectivity index (χ3v) is 4.49. The van der Waals surface area contributed by atoms with Crippen LogP contribution in [0.4, 0.5) is 4.39 Å². The third-order valence-electron chi connectivity index (χ3n) is 4.17. The Morgan fingerprint density at radius 1 is 1.25 bits per heavy atom. The Balaban J connectivity index is 1.69. The van der Waals surface area contributed by atoms with Crippen LogP contribution in [0.2, 0.25) is 5.02 Å². The number of methoxy groups -OCH3 is 1. The number of benzene rings is 2. The largest absolute Gasteiger partial charge is 0.497 e. The van der Waals surface area contributed by atoms with E-state index in [-0.39, 0.29) is 29.4 Å². The van der Waals surface area contributed by atoms with Gasteiger partial charge < -0.3 is 10.1 Å². The van der Waals surface area contributed by atoms with Crippen molar-refractivity contribution in [3.05, 3.63) is 69.4 Å². The van der Waals surface area contributed by atoms with Gasteiger partial charge in [0, 0.05) is 19.2 Å². The van der Waals surface area contributed by atoms with Crippen molar-refractivity contribution >= 4 is 17.5 Å². The van der Waals surface area contributed by atoms with Crippen molar-refractivity contribution in [2.24, 2.45) is 7.05 Å². The highest BCUT2D eigenvalue weighted by atomic mass is 35.5. The first-order valence-corrected chi connectivity index (χ1v) is 8.80. The van der Waals surface area contributed by atoms with Crippen LogP contribution in [0, 0.1) is 5.82 Å². The molecule has 0 saturated heterocycles. The van der Waals surface area contributed by atoms with Gasteiger partial charge in [0.25, 0.3) is 5.91 Å². The fraction of sp³-hybridized carbons (Fsp3) is 0.211. The molecular weight excluding hydrogens is 387 g/mol. The number of amides is 1. The molecule has 0 aliphatic carbocycles. The first-order chi connectivity index (χ1) is 13.4. The quantitative estimate of drug-likeness (QED) is 0.684. The van der Waals surface area contributed by atoms with E-state index in [1.807, 2.05) is 12.1 Å². The van der Waals surface area contributed by atoms with E-state index in [2.05, 4.69) is 10.4 Å². The van der Waals surface area contributed by atoms with Gasteiger partial charge in [-0.15, -0.1) is 5.10 Å². The first kappa shape index (κ1) is 19.6. The summed E-state index contributed by atoms with van der Waals surface area (Å²) in [4.78, 5) is 24.5. The van der Waals surface area contributed by atoms with Crippen molar-refractivity contribution in [3.8, 4) is 17.1 Å². The second-order valence-corrected chi connectivity index (χ2v) is 6.40. The van der Waals surface area contributed by atoms with Crippen molar-refractivity contribution in [3.63, 3.8) is 0 Å². The lowest BCUT2D eigenvalue weighted by Gasteiger charge is -2.06. The summed E-state index contributed by atoms with van der Waals surface area (Å²) in [7, 11) is 3.20. The summed E-state index contributed by atoms with van der Waals surface area (Å²) in [6.45, 7) is 0.332. The molecule has 146 valence electrons. The lowest BCUT2D eigenvalue weighted by atomic mass is 10.2. The van der Waals surface area contributed by atoms with Gasteiger partial charge in [-0.25, -0.2) is 13.9 Å². The second kappa shape index (κ2) is 8.26. The Hall–Kier alpha value is -3.13. The second-order valence-electron chi connectivity index (χ2n) is 6.00. The number of hydrogen-bond acceptors (Lipinski definition) is 4. The number of halogens is 2. The molecule has 1 heterocycles. The number of ether oxygens (including phenoxy) is 1. The Kier molecular flexibility index (Phi) is 5.79. The maximum Gasteiger partial charge on any atom is 0.345 e. The van der Waals surface area contributed by atoms with Crippen LogP contribution in [-0.2, 0) is 13.6 Å². The summed E-state index contributed by atoms with van der Waals surface area (Å²) < 4.78 is 20.9. The smallest absolute Gasteiger partial charge is 0.345 e. The minimum absolute atomic E-state index is 0.0225. The van der Waals surface area contributed by atoms with E-state index in [0.29, 0.717) is 11.6 Å². The normalized spacial score (nSPS) is 10.7. The average molecular weight is 405 g/mol. The molecule has 2 aromatic carbocycles. The first-order valence-electron chi connectivity index (χ1n) is 8.42. The molecule has 7 nitrogen and oxygen atoms in total. The molecular formula is C19H18ClFN4O3. The molecule has 0 atom stereocenters. The van der Waals surface area contributed by atoms with Gasteiger partial charge in [-0.2, -0.15) is 0 Å². The van der Waals surface area contributed by atoms with Crippen LogP contribution in [0.15, 0.2) is 47.3 Å². The Morgan fingerprint density at radius 2 is 1.96 bits per heavy atom. The number of carbonyl (C=O) groups excluding carboxylic acids is 1. The van der Waals surface area contributed by atoms with Crippen LogP contribution in [0.5, 0.6) is 5.75 Å². The maximum absolute atomic E-state index is 13.1. The zero-order valence-corrected chi connectivity index (χ0v) is 16.0. The van der Waals surface area contributed by atoms with Crippen molar-refractivity contribution in [2.75, 3.05) is 13.7 Å². The number of nitrogens with one attached hydrogen (secondary N) is 1. The molecule has 0 aliphatic rings. The zero-order chi connectivity index (χ0) is 20.3. The van der Waals surface area contributed by atoms with Crippen LogP contribution >= 0.6 is 11.6 Å². The van der Waals surface area contributed by atoms with Crippen LogP contribution in [-0.4, -0.2) is 33.9 Å². The zero-order valence-electron chi connectivity index (χ0n) is 15.3. The molecule has 0 radical (unpaired) electrons. The van der Waals surface area contributed by atoms with Crippen LogP contribution in [0.1, 0.15) is 10.4 Å². The average Bonchev–Trinajstić information content (AvgIpc) is 2.96. The SMILES string of the molecule is COc1ccc(-c2nn(CCNC(=O)c3ccc(F)cc3Cl)c(=O)n2C)cc1. The molecule has 0 bridgehead atoms. The molecule has 0 aliphatic heterocycles. The summed E-state index contributed by atoms with van der Waals surface area (Å²) in [5.41, 5.74) is 0.622. The molecule has 9 heteroatoms. The number of rotatable bonds is 6. The van der Waals surface area contributed by atoms with Crippen molar-refractivity contribution in [1.29, 1.82) is 0 Å². The predicted molar refractivity (Wildman–Crippen MR) is 103 cm³/mol. The molecule has 1 amide bonds. The predicted octanol–water partition coefficient (Wildman–Crippen LogP) is 2.48. The summed E-state index contributed by atoms with van der Waals surface area (Å²) in [5, 5.41) is 7.00. The van der Waals surface area contributed by atoms with E-state index in [9.17, 15) is 14.0 Å². The molecule has 1 aromatic heterocycles. The van der Waals surface area contributed by atoms with Crippen molar-refractivity contribution < 1.29 is 13.9 Å². The van der Waals surface area contributed by atoms with E-state index in [1.165, 1.54) is 15.3 Å². The van der Waals surface area contributed by atoms with Gasteiger partial charge >= 0.3 is 5.69 Å². The van der Waals surface area contributed by atoms with Gasteiger partial charge in [0.1, 0.15) is 11.6 Å². The van der Waals surface area contributed by atoms with Crippen LogP contribution < -0.4 is 15.7 Å². The van der Waals surface area contributed by atoms with Gasteiger partial charge in [-0.3, -0.25) is 9.36 Å². The fourth-order valence-electron chi connectivity index (χ4n) is 2.67. The van der Waals surface area contributed by atoms with E-state index in [0.717, 1.165) is 17.7 Å². The summed E-state index contributed by atoms with van der Waals surface area (Å²) in [6, 6.07) is 10.7. The number of carbonyl (C=O) groups is 1. The summed E-state index contributed by atoms with van der Waals surface area (Å²) in [5.74, 6) is 0.230. The van der Waals surface area contributed by atoms with Gasteiger partial charge in [0.2, 0.25) is 0 Å². The number of nitrogens with zero attached hydrogens (tertiary/aromatic N) is 3. The van der Waals surface area contributed by atoms with Gasteiger partial charge in [0.05, 0.1) is 24.2 Å². The molecule has 1 N–H and O–H groups in total. The molecule has 0 saturated carbocycles. The molecule has 3 aromatic rings. The van der Waals surface area contributed by atoms with E-state index in [4.69, 9.17) is 16.3 Å². The lowest BCUT2D eigenvalue weighted by Crippen LogP contribution is -2.31. The van der Waals surface area contributed by atoms with Crippen LogP contribution in [0.25, 0.3) is 11.4 Å². The van der Waals surface area contributed by atoms with Gasteiger partial charge in [0.15, 0.2) is 5.82 Å². The van der Waals surface area contributed by atoms with Crippen molar-refractivity contribution in [1.82, 2.24) is 19.7 Å². The van der Waals surface area contributed by atoms with E-state index >= 15 is 0 Å². The molecule has 0 spiro atoms. The molecule has 3 rings (SSSR count). The number of aromatic nitrogens is 3.